The summed E-state index contributed by atoms with van der Waals surface area (Å²) in [5.74, 6) is -0.267. The third kappa shape index (κ3) is 1.79. The molecule has 0 saturated carbocycles. The van der Waals surface area contributed by atoms with Crippen molar-refractivity contribution in [2.75, 3.05) is 18.6 Å². The molecule has 0 bridgehead atoms. The van der Waals surface area contributed by atoms with Gasteiger partial charge in [0.2, 0.25) is 0 Å². The van der Waals surface area contributed by atoms with E-state index in [1.165, 1.54) is 30.6 Å². The molecular weight excluding hydrogens is 229 g/mol. The third-order valence-electron chi connectivity index (χ3n) is 2.10. The maximum absolute atomic E-state index is 13.5. The molecule has 2 rings (SSSR count). The summed E-state index contributed by atoms with van der Waals surface area (Å²) in [6, 6.07) is 4.54. The fourth-order valence-corrected chi connectivity index (χ4v) is 1.99. The summed E-state index contributed by atoms with van der Waals surface area (Å²) in [7, 11) is 1.41. The first-order chi connectivity index (χ1) is 7.61. The lowest BCUT2D eigenvalue weighted by molar-refractivity contribution is 0.386. The molecule has 1 heterocycles. The van der Waals surface area contributed by atoms with E-state index in [9.17, 15) is 4.39 Å². The van der Waals surface area contributed by atoms with Gasteiger partial charge in [0.15, 0.2) is 16.7 Å². The number of halogens is 1. The van der Waals surface area contributed by atoms with Crippen molar-refractivity contribution in [2.45, 2.75) is 0 Å². The summed E-state index contributed by atoms with van der Waals surface area (Å²) < 4.78 is 18.3. The van der Waals surface area contributed by atoms with Gasteiger partial charge in [-0.05, 0) is 18.2 Å². The molecule has 6 heteroatoms. The van der Waals surface area contributed by atoms with Crippen molar-refractivity contribution in [1.82, 2.24) is 4.98 Å². The zero-order valence-electron chi connectivity index (χ0n) is 8.53. The molecule has 4 N–H and O–H groups in total. The van der Waals surface area contributed by atoms with Crippen LogP contribution in [0.2, 0.25) is 0 Å². The van der Waals surface area contributed by atoms with Gasteiger partial charge >= 0.3 is 0 Å². The van der Waals surface area contributed by atoms with Crippen LogP contribution in [0.25, 0.3) is 11.3 Å². The minimum Gasteiger partial charge on any atom is -0.494 e. The molecule has 4 nitrogen and oxygen atoms in total. The number of nitrogens with zero attached hydrogens (tertiary/aromatic N) is 1. The van der Waals surface area contributed by atoms with Crippen LogP contribution in [0.4, 0.5) is 14.5 Å². The normalized spacial score (nSPS) is 10.4. The van der Waals surface area contributed by atoms with Gasteiger partial charge in [-0.15, -0.1) is 0 Å². The number of nitrogens with two attached hydrogens (primary N) is 2. The predicted octanol–water partition coefficient (Wildman–Crippen LogP) is 2.12. The maximum atomic E-state index is 13.5. The molecule has 0 radical (unpaired) electrons. The van der Waals surface area contributed by atoms with E-state index < -0.39 is 5.82 Å². The quantitative estimate of drug-likeness (QED) is 0.841. The number of aromatic nitrogens is 1. The molecule has 1 aromatic carbocycles. The van der Waals surface area contributed by atoms with Gasteiger partial charge in [0.1, 0.15) is 10.7 Å². The number of methoxy groups -OCH3 is 1. The van der Waals surface area contributed by atoms with E-state index in [-0.39, 0.29) is 5.75 Å². The second-order valence-electron chi connectivity index (χ2n) is 3.11. The minimum atomic E-state index is -0.453. The Morgan fingerprint density at radius 2 is 2.12 bits per heavy atom. The molecule has 0 unspecified atom stereocenters. The highest BCUT2D eigenvalue weighted by molar-refractivity contribution is 7.19. The number of anilines is 2. The van der Waals surface area contributed by atoms with E-state index in [4.69, 9.17) is 16.2 Å². The van der Waals surface area contributed by atoms with Crippen LogP contribution in [0.5, 0.6) is 5.75 Å². The van der Waals surface area contributed by atoms with Gasteiger partial charge in [-0.25, -0.2) is 9.37 Å². The number of nitrogen functional groups attached to an aromatic ring is 2. The summed E-state index contributed by atoms with van der Waals surface area (Å²) >= 11 is 1.17. The lowest BCUT2D eigenvalue weighted by Crippen LogP contribution is -1.91. The summed E-state index contributed by atoms with van der Waals surface area (Å²) in [6.07, 6.45) is 0. The molecule has 84 valence electrons. The Hall–Kier alpha value is -1.82. The van der Waals surface area contributed by atoms with Crippen LogP contribution in [0.1, 0.15) is 0 Å². The second-order valence-corrected chi connectivity index (χ2v) is 4.18. The van der Waals surface area contributed by atoms with Crippen LogP contribution < -0.4 is 16.2 Å². The SMILES string of the molecule is COc1ccc(-c2nc(N)sc2N)cc1F. The van der Waals surface area contributed by atoms with Crippen LogP contribution in [-0.4, -0.2) is 12.1 Å². The summed E-state index contributed by atoms with van der Waals surface area (Å²) in [6.45, 7) is 0. The van der Waals surface area contributed by atoms with Gasteiger partial charge in [0.05, 0.1) is 7.11 Å². The van der Waals surface area contributed by atoms with Crippen molar-refractivity contribution in [3.63, 3.8) is 0 Å². The average molecular weight is 239 g/mol. The molecule has 0 spiro atoms. The number of rotatable bonds is 2. The second kappa shape index (κ2) is 3.97. The Balaban J connectivity index is 2.49. The van der Waals surface area contributed by atoms with E-state index in [1.807, 2.05) is 0 Å². The molecule has 0 aliphatic rings. The van der Waals surface area contributed by atoms with E-state index >= 15 is 0 Å². The fraction of sp³-hybridized carbons (Fsp3) is 0.100. The van der Waals surface area contributed by atoms with E-state index in [2.05, 4.69) is 4.98 Å². The lowest BCUT2D eigenvalue weighted by Gasteiger charge is -2.03. The van der Waals surface area contributed by atoms with E-state index in [0.717, 1.165) is 0 Å². The first-order valence-electron chi connectivity index (χ1n) is 4.47. The lowest BCUT2D eigenvalue weighted by atomic mass is 10.1. The number of thiazole rings is 1. The Morgan fingerprint density at radius 1 is 1.38 bits per heavy atom. The minimum absolute atomic E-state index is 0.186. The van der Waals surface area contributed by atoms with Crippen molar-refractivity contribution in [2.24, 2.45) is 0 Å². The summed E-state index contributed by atoms with van der Waals surface area (Å²) in [4.78, 5) is 4.04. The first kappa shape index (κ1) is 10.7. The Kier molecular flexibility index (Phi) is 2.66. The number of ether oxygens (including phenoxy) is 1. The predicted molar refractivity (Wildman–Crippen MR) is 62.9 cm³/mol. The van der Waals surface area contributed by atoms with Crippen molar-refractivity contribution in [3.8, 4) is 17.0 Å². The molecule has 1 aromatic heterocycles. The summed E-state index contributed by atoms with van der Waals surface area (Å²) in [5.41, 5.74) is 12.3. The largest absolute Gasteiger partial charge is 0.494 e. The van der Waals surface area contributed by atoms with Gasteiger partial charge in [0.25, 0.3) is 0 Å². The van der Waals surface area contributed by atoms with Crippen molar-refractivity contribution in [3.05, 3.63) is 24.0 Å². The van der Waals surface area contributed by atoms with Crippen molar-refractivity contribution in [1.29, 1.82) is 0 Å². The molecule has 0 amide bonds. The molecule has 0 aliphatic heterocycles. The fourth-order valence-electron chi connectivity index (χ4n) is 1.37. The zero-order chi connectivity index (χ0) is 11.7. The van der Waals surface area contributed by atoms with Crippen molar-refractivity contribution >= 4 is 21.5 Å². The highest BCUT2D eigenvalue weighted by atomic mass is 32.1. The molecule has 0 saturated heterocycles. The van der Waals surface area contributed by atoms with Gasteiger partial charge in [-0.2, -0.15) is 0 Å². The molecule has 2 aromatic rings. The highest BCUT2D eigenvalue weighted by Crippen LogP contribution is 2.33. The maximum Gasteiger partial charge on any atom is 0.182 e. The van der Waals surface area contributed by atoms with Crippen LogP contribution in [-0.2, 0) is 0 Å². The van der Waals surface area contributed by atoms with Gasteiger partial charge in [0, 0.05) is 5.56 Å². The van der Waals surface area contributed by atoms with E-state index in [1.54, 1.807) is 6.07 Å². The van der Waals surface area contributed by atoms with Crippen molar-refractivity contribution < 1.29 is 9.13 Å². The number of hydrogen-bond donors (Lipinski definition) is 2. The molecule has 0 aliphatic carbocycles. The topological polar surface area (TPSA) is 74.2 Å². The molecule has 16 heavy (non-hydrogen) atoms. The molecule has 0 atom stereocenters. The third-order valence-corrected chi connectivity index (χ3v) is 2.81. The number of hydrogen-bond acceptors (Lipinski definition) is 5. The Bertz CT molecular complexity index is 527. The zero-order valence-corrected chi connectivity index (χ0v) is 9.34. The Morgan fingerprint density at radius 3 is 2.62 bits per heavy atom. The smallest absolute Gasteiger partial charge is 0.182 e. The molecular formula is C10H10FN3OS. The first-order valence-corrected chi connectivity index (χ1v) is 5.29. The van der Waals surface area contributed by atoms with Gasteiger partial charge < -0.3 is 16.2 Å². The highest BCUT2D eigenvalue weighted by Gasteiger charge is 2.11. The van der Waals surface area contributed by atoms with Gasteiger partial charge in [-0.1, -0.05) is 11.3 Å². The standard InChI is InChI=1S/C10H10FN3OS/c1-15-7-3-2-5(4-6(7)11)8-9(12)16-10(13)14-8/h2-4H,12H2,1H3,(H2,13,14). The monoisotopic (exact) mass is 239 g/mol. The van der Waals surface area contributed by atoms with Crippen LogP contribution in [0.15, 0.2) is 18.2 Å². The van der Waals surface area contributed by atoms with Crippen LogP contribution in [0.3, 0.4) is 0 Å². The van der Waals surface area contributed by atoms with Crippen LogP contribution >= 0.6 is 11.3 Å². The van der Waals surface area contributed by atoms with Gasteiger partial charge in [-0.3, -0.25) is 0 Å². The average Bonchev–Trinajstić information content (AvgIpc) is 2.58. The number of benzene rings is 1. The van der Waals surface area contributed by atoms with E-state index in [0.29, 0.717) is 21.4 Å². The van der Waals surface area contributed by atoms with Crippen LogP contribution in [0, 0.1) is 5.82 Å². The summed E-state index contributed by atoms with van der Waals surface area (Å²) in [5, 5.41) is 0.839. The Labute approximate surface area is 95.7 Å². The molecule has 0 fully saturated rings.